The Morgan fingerprint density at radius 1 is 1.47 bits per heavy atom. The van der Waals surface area contributed by atoms with E-state index >= 15 is 0 Å². The number of hydrogen-bond acceptors (Lipinski definition) is 3. The summed E-state index contributed by atoms with van der Waals surface area (Å²) in [5.41, 5.74) is -0.408. The van der Waals surface area contributed by atoms with Crippen LogP contribution in [0.5, 0.6) is 0 Å². The average Bonchev–Trinajstić information content (AvgIpc) is 2.75. The molecular formula is C11H19NO3. The second-order valence-corrected chi connectivity index (χ2v) is 5.24. The Morgan fingerprint density at radius 2 is 2.20 bits per heavy atom. The smallest absolute Gasteiger partial charge is 0.410 e. The highest BCUT2D eigenvalue weighted by Crippen LogP contribution is 2.34. The van der Waals surface area contributed by atoms with E-state index in [0.29, 0.717) is 0 Å². The van der Waals surface area contributed by atoms with Gasteiger partial charge in [-0.25, -0.2) is 4.79 Å². The molecule has 0 aromatic heterocycles. The SMILES string of the molecule is CC(C)(C)OC(=O)N1CCCO[C@@H]2C[C@@H]21. The molecule has 86 valence electrons. The van der Waals surface area contributed by atoms with E-state index in [9.17, 15) is 4.79 Å². The van der Waals surface area contributed by atoms with Gasteiger partial charge in [-0.05, 0) is 33.6 Å². The summed E-state index contributed by atoms with van der Waals surface area (Å²) >= 11 is 0. The second-order valence-electron chi connectivity index (χ2n) is 5.24. The molecule has 1 amide bonds. The fourth-order valence-electron chi connectivity index (χ4n) is 1.85. The highest BCUT2D eigenvalue weighted by molar-refractivity contribution is 5.69. The van der Waals surface area contributed by atoms with E-state index < -0.39 is 5.60 Å². The van der Waals surface area contributed by atoms with Gasteiger partial charge in [0, 0.05) is 13.2 Å². The number of nitrogens with zero attached hydrogens (tertiary/aromatic N) is 1. The zero-order valence-electron chi connectivity index (χ0n) is 9.66. The Hall–Kier alpha value is -0.770. The van der Waals surface area contributed by atoms with Crippen molar-refractivity contribution < 1.29 is 14.3 Å². The number of hydrogen-bond donors (Lipinski definition) is 0. The van der Waals surface area contributed by atoms with Crippen LogP contribution in [0.25, 0.3) is 0 Å². The fraction of sp³-hybridized carbons (Fsp3) is 0.909. The molecule has 0 aromatic carbocycles. The molecular weight excluding hydrogens is 194 g/mol. The van der Waals surface area contributed by atoms with Crippen molar-refractivity contribution in [2.45, 2.75) is 51.4 Å². The van der Waals surface area contributed by atoms with Gasteiger partial charge in [0.15, 0.2) is 0 Å². The first-order chi connectivity index (χ1) is 6.97. The van der Waals surface area contributed by atoms with E-state index in [1.165, 1.54) is 0 Å². The Labute approximate surface area is 90.5 Å². The summed E-state index contributed by atoms with van der Waals surface area (Å²) in [5, 5.41) is 0. The van der Waals surface area contributed by atoms with Crippen molar-refractivity contribution in [1.29, 1.82) is 0 Å². The molecule has 0 aromatic rings. The van der Waals surface area contributed by atoms with Crippen LogP contribution >= 0.6 is 0 Å². The lowest BCUT2D eigenvalue weighted by atomic mass is 10.2. The summed E-state index contributed by atoms with van der Waals surface area (Å²) in [7, 11) is 0. The second kappa shape index (κ2) is 3.67. The first-order valence-electron chi connectivity index (χ1n) is 5.58. The topological polar surface area (TPSA) is 38.8 Å². The van der Waals surface area contributed by atoms with Gasteiger partial charge >= 0.3 is 6.09 Å². The molecule has 0 spiro atoms. The third kappa shape index (κ3) is 2.62. The number of carbonyl (C=O) groups excluding carboxylic acids is 1. The van der Waals surface area contributed by atoms with Gasteiger partial charge < -0.3 is 14.4 Å². The maximum atomic E-state index is 11.9. The first-order valence-corrected chi connectivity index (χ1v) is 5.58. The van der Waals surface area contributed by atoms with Gasteiger partial charge in [0.1, 0.15) is 5.60 Å². The van der Waals surface area contributed by atoms with Crippen LogP contribution in [0.3, 0.4) is 0 Å². The normalized spacial score (nSPS) is 30.5. The predicted octanol–water partition coefficient (Wildman–Crippen LogP) is 1.78. The fourth-order valence-corrected chi connectivity index (χ4v) is 1.85. The molecule has 1 aliphatic heterocycles. The average molecular weight is 213 g/mol. The van der Waals surface area contributed by atoms with Gasteiger partial charge in [0.2, 0.25) is 0 Å². The van der Waals surface area contributed by atoms with Crippen LogP contribution in [0.4, 0.5) is 4.79 Å². The number of rotatable bonds is 0. The van der Waals surface area contributed by atoms with Gasteiger partial charge in [0.25, 0.3) is 0 Å². The van der Waals surface area contributed by atoms with Crippen LogP contribution in [0.2, 0.25) is 0 Å². The summed E-state index contributed by atoms with van der Waals surface area (Å²) < 4.78 is 10.9. The third-order valence-electron chi connectivity index (χ3n) is 2.60. The maximum absolute atomic E-state index is 11.9. The standard InChI is InChI=1S/C11H19NO3/c1-11(2,3)15-10(13)12-5-4-6-14-9-7-8(9)12/h8-9H,4-7H2,1-3H3/t8-,9+/m0/s1. The van der Waals surface area contributed by atoms with Crippen molar-refractivity contribution in [3.05, 3.63) is 0 Å². The number of fused-ring (bicyclic) bond motifs is 1. The van der Waals surface area contributed by atoms with E-state index in [-0.39, 0.29) is 18.2 Å². The molecule has 0 bridgehead atoms. The zero-order chi connectivity index (χ0) is 11.1. The van der Waals surface area contributed by atoms with Crippen molar-refractivity contribution in [1.82, 2.24) is 4.90 Å². The maximum Gasteiger partial charge on any atom is 0.410 e. The van der Waals surface area contributed by atoms with Crippen LogP contribution in [-0.2, 0) is 9.47 Å². The third-order valence-corrected chi connectivity index (χ3v) is 2.60. The van der Waals surface area contributed by atoms with Gasteiger partial charge in [0.05, 0.1) is 12.1 Å². The van der Waals surface area contributed by atoms with Crippen LogP contribution in [0.1, 0.15) is 33.6 Å². The van der Waals surface area contributed by atoms with E-state index in [1.54, 1.807) is 0 Å². The zero-order valence-corrected chi connectivity index (χ0v) is 9.66. The Balaban J connectivity index is 1.94. The van der Waals surface area contributed by atoms with Crippen LogP contribution < -0.4 is 0 Å². The molecule has 2 aliphatic rings. The van der Waals surface area contributed by atoms with Gasteiger partial charge in [-0.1, -0.05) is 0 Å². The first kappa shape index (κ1) is 10.7. The van der Waals surface area contributed by atoms with E-state index in [2.05, 4.69) is 0 Å². The number of carbonyl (C=O) groups is 1. The lowest BCUT2D eigenvalue weighted by Gasteiger charge is -2.26. The summed E-state index contributed by atoms with van der Waals surface area (Å²) in [4.78, 5) is 13.7. The number of amides is 1. The van der Waals surface area contributed by atoms with Gasteiger partial charge in [-0.3, -0.25) is 0 Å². The highest BCUT2D eigenvalue weighted by Gasteiger charge is 2.47. The van der Waals surface area contributed by atoms with Crippen molar-refractivity contribution in [2.24, 2.45) is 0 Å². The summed E-state index contributed by atoms with van der Waals surface area (Å²) in [6.45, 7) is 7.20. The van der Waals surface area contributed by atoms with E-state index in [1.807, 2.05) is 25.7 Å². The van der Waals surface area contributed by atoms with Crippen molar-refractivity contribution in [2.75, 3.05) is 13.2 Å². The minimum Gasteiger partial charge on any atom is -0.444 e. The van der Waals surface area contributed by atoms with Crippen LogP contribution in [0.15, 0.2) is 0 Å². The van der Waals surface area contributed by atoms with Gasteiger partial charge in [-0.2, -0.15) is 0 Å². The Kier molecular flexibility index (Phi) is 2.63. The molecule has 1 saturated heterocycles. The molecule has 0 N–H and O–H groups in total. The Morgan fingerprint density at radius 3 is 2.87 bits per heavy atom. The highest BCUT2D eigenvalue weighted by atomic mass is 16.6. The van der Waals surface area contributed by atoms with Crippen molar-refractivity contribution in [3.8, 4) is 0 Å². The molecule has 2 rings (SSSR count). The molecule has 1 saturated carbocycles. The van der Waals surface area contributed by atoms with E-state index in [0.717, 1.165) is 26.0 Å². The van der Waals surface area contributed by atoms with E-state index in [4.69, 9.17) is 9.47 Å². The quantitative estimate of drug-likeness (QED) is 0.615. The molecule has 0 radical (unpaired) electrons. The lowest BCUT2D eigenvalue weighted by Crippen LogP contribution is -2.39. The number of ether oxygens (including phenoxy) is 2. The molecule has 1 heterocycles. The van der Waals surface area contributed by atoms with Crippen molar-refractivity contribution >= 4 is 6.09 Å². The van der Waals surface area contributed by atoms with Crippen molar-refractivity contribution in [3.63, 3.8) is 0 Å². The molecule has 4 nitrogen and oxygen atoms in total. The molecule has 15 heavy (non-hydrogen) atoms. The Bertz CT molecular complexity index is 259. The summed E-state index contributed by atoms with van der Waals surface area (Å²) in [5.74, 6) is 0. The minimum atomic E-state index is -0.408. The largest absolute Gasteiger partial charge is 0.444 e. The minimum absolute atomic E-state index is 0.194. The molecule has 4 heteroatoms. The monoisotopic (exact) mass is 213 g/mol. The summed E-state index contributed by atoms with van der Waals surface area (Å²) in [6, 6.07) is 0.266. The van der Waals surface area contributed by atoms with Crippen LogP contribution in [0, 0.1) is 0 Å². The molecule has 1 aliphatic carbocycles. The molecule has 2 atom stereocenters. The summed E-state index contributed by atoms with van der Waals surface area (Å²) in [6.07, 6.45) is 1.95. The lowest BCUT2D eigenvalue weighted by molar-refractivity contribution is 0.0228. The van der Waals surface area contributed by atoms with Crippen LogP contribution in [-0.4, -0.2) is 41.9 Å². The molecule has 2 fully saturated rings. The van der Waals surface area contributed by atoms with Gasteiger partial charge in [-0.15, -0.1) is 0 Å². The predicted molar refractivity (Wildman–Crippen MR) is 55.7 cm³/mol. The molecule has 0 unspecified atom stereocenters.